The molecule has 0 bridgehead atoms. The Balaban J connectivity index is 1.75. The Morgan fingerprint density at radius 2 is 2.26 bits per heavy atom. The fourth-order valence-electron chi connectivity index (χ4n) is 2.52. The summed E-state index contributed by atoms with van der Waals surface area (Å²) < 4.78 is 13.6. The van der Waals surface area contributed by atoms with Gasteiger partial charge in [0.05, 0.1) is 12.1 Å². The molecule has 2 aromatic rings. The van der Waals surface area contributed by atoms with Gasteiger partial charge in [0, 0.05) is 31.2 Å². The van der Waals surface area contributed by atoms with Gasteiger partial charge in [-0.25, -0.2) is 4.39 Å². The zero-order valence-electron chi connectivity index (χ0n) is 10.6. The van der Waals surface area contributed by atoms with E-state index in [-0.39, 0.29) is 11.7 Å². The molecule has 100 valence electrons. The highest BCUT2D eigenvalue weighted by atomic mass is 19.1. The minimum Gasteiger partial charge on any atom is -0.359 e. The lowest BCUT2D eigenvalue weighted by atomic mass is 10.1. The Morgan fingerprint density at radius 1 is 1.37 bits per heavy atom. The lowest BCUT2D eigenvalue weighted by Crippen LogP contribution is -2.48. The predicted molar refractivity (Wildman–Crippen MR) is 71.4 cm³/mol. The molecule has 0 spiro atoms. The number of aromatic amines is 1. The van der Waals surface area contributed by atoms with E-state index in [1.807, 2.05) is 17.2 Å². The summed E-state index contributed by atoms with van der Waals surface area (Å²) >= 11 is 0. The summed E-state index contributed by atoms with van der Waals surface area (Å²) in [5.74, 6) is -0.0979. The number of carbonyl (C=O) groups is 1. The zero-order chi connectivity index (χ0) is 13.2. The normalized spacial score (nSPS) is 16.3. The smallest absolute Gasteiger partial charge is 0.236 e. The van der Waals surface area contributed by atoms with Crippen molar-refractivity contribution in [1.29, 1.82) is 0 Å². The van der Waals surface area contributed by atoms with Crippen molar-refractivity contribution >= 4 is 16.8 Å². The monoisotopic (exact) mass is 261 g/mol. The largest absolute Gasteiger partial charge is 0.359 e. The van der Waals surface area contributed by atoms with Crippen molar-refractivity contribution in [1.82, 2.24) is 15.2 Å². The van der Waals surface area contributed by atoms with Gasteiger partial charge in [-0.1, -0.05) is 12.1 Å². The van der Waals surface area contributed by atoms with Crippen LogP contribution in [-0.4, -0.2) is 42.0 Å². The average Bonchev–Trinajstić information content (AvgIpc) is 2.83. The van der Waals surface area contributed by atoms with Crippen LogP contribution in [0.25, 0.3) is 10.9 Å². The molecule has 0 atom stereocenters. The summed E-state index contributed by atoms with van der Waals surface area (Å²) in [7, 11) is 0. The maximum atomic E-state index is 13.6. The van der Waals surface area contributed by atoms with Gasteiger partial charge in [0.2, 0.25) is 5.91 Å². The molecule has 2 N–H and O–H groups in total. The first kappa shape index (κ1) is 12.2. The van der Waals surface area contributed by atoms with Crippen molar-refractivity contribution in [3.63, 3.8) is 0 Å². The third-order valence-electron chi connectivity index (χ3n) is 3.59. The van der Waals surface area contributed by atoms with Crippen LogP contribution in [0.2, 0.25) is 0 Å². The van der Waals surface area contributed by atoms with Crippen molar-refractivity contribution in [2.75, 3.05) is 26.2 Å². The van der Waals surface area contributed by atoms with Gasteiger partial charge in [-0.2, -0.15) is 0 Å². The van der Waals surface area contributed by atoms with Gasteiger partial charge in [-0.15, -0.1) is 0 Å². The maximum Gasteiger partial charge on any atom is 0.236 e. The van der Waals surface area contributed by atoms with Crippen molar-refractivity contribution in [3.05, 3.63) is 35.8 Å². The molecule has 19 heavy (non-hydrogen) atoms. The van der Waals surface area contributed by atoms with Gasteiger partial charge in [-0.3, -0.25) is 4.79 Å². The van der Waals surface area contributed by atoms with Crippen LogP contribution in [0, 0.1) is 5.82 Å². The summed E-state index contributed by atoms with van der Waals surface area (Å²) in [4.78, 5) is 16.5. The highest BCUT2D eigenvalue weighted by Gasteiger charge is 2.17. The quantitative estimate of drug-likeness (QED) is 0.874. The van der Waals surface area contributed by atoms with Gasteiger partial charge in [-0.05, 0) is 18.1 Å². The second-order valence-corrected chi connectivity index (χ2v) is 4.78. The molecule has 1 aromatic carbocycles. The van der Waals surface area contributed by atoms with Gasteiger partial charge in [0.15, 0.2) is 0 Å². The van der Waals surface area contributed by atoms with E-state index < -0.39 is 0 Å². The van der Waals surface area contributed by atoms with Gasteiger partial charge < -0.3 is 15.2 Å². The molecule has 3 rings (SSSR count). The number of benzene rings is 1. The number of carbonyl (C=O) groups excluding carboxylic acids is 1. The Kier molecular flexibility index (Phi) is 3.21. The van der Waals surface area contributed by atoms with Crippen LogP contribution in [0.3, 0.4) is 0 Å². The molecular weight excluding hydrogens is 245 g/mol. The van der Waals surface area contributed by atoms with Crippen LogP contribution in [0.4, 0.5) is 4.39 Å². The minimum absolute atomic E-state index is 0.136. The first-order valence-electron chi connectivity index (χ1n) is 6.48. The zero-order valence-corrected chi connectivity index (χ0v) is 10.6. The van der Waals surface area contributed by atoms with Crippen LogP contribution >= 0.6 is 0 Å². The van der Waals surface area contributed by atoms with Crippen molar-refractivity contribution in [2.24, 2.45) is 0 Å². The number of halogens is 1. The number of fused-ring (bicyclic) bond motifs is 1. The van der Waals surface area contributed by atoms with E-state index in [1.165, 1.54) is 6.07 Å². The predicted octanol–water partition coefficient (Wildman–Crippen LogP) is 1.28. The molecule has 1 saturated heterocycles. The molecule has 1 fully saturated rings. The van der Waals surface area contributed by atoms with E-state index in [0.29, 0.717) is 18.6 Å². The molecule has 2 heterocycles. The van der Waals surface area contributed by atoms with Gasteiger partial charge >= 0.3 is 0 Å². The summed E-state index contributed by atoms with van der Waals surface area (Å²) in [6.45, 7) is 2.69. The molecular formula is C14H16FN3O. The Morgan fingerprint density at radius 3 is 3.11 bits per heavy atom. The molecule has 1 aromatic heterocycles. The van der Waals surface area contributed by atoms with E-state index >= 15 is 0 Å². The lowest BCUT2D eigenvalue weighted by molar-refractivity contribution is -0.131. The number of H-pyrrole nitrogens is 1. The van der Waals surface area contributed by atoms with E-state index in [4.69, 9.17) is 0 Å². The number of hydrogen-bond acceptors (Lipinski definition) is 2. The number of nitrogens with zero attached hydrogens (tertiary/aromatic N) is 1. The number of hydrogen-bond donors (Lipinski definition) is 2. The van der Waals surface area contributed by atoms with E-state index in [9.17, 15) is 9.18 Å². The van der Waals surface area contributed by atoms with E-state index in [1.54, 1.807) is 6.07 Å². The van der Waals surface area contributed by atoms with Crippen LogP contribution in [0.15, 0.2) is 24.4 Å². The van der Waals surface area contributed by atoms with E-state index in [0.717, 1.165) is 30.5 Å². The Labute approximate surface area is 110 Å². The van der Waals surface area contributed by atoms with Gasteiger partial charge in [0.25, 0.3) is 0 Å². The van der Waals surface area contributed by atoms with Crippen molar-refractivity contribution < 1.29 is 9.18 Å². The summed E-state index contributed by atoms with van der Waals surface area (Å²) in [6.07, 6.45) is 2.58. The number of nitrogens with one attached hydrogen (secondary N) is 2. The van der Waals surface area contributed by atoms with E-state index in [2.05, 4.69) is 10.3 Å². The van der Waals surface area contributed by atoms with Crippen LogP contribution in [0.1, 0.15) is 5.56 Å². The summed E-state index contributed by atoms with van der Waals surface area (Å²) in [6, 6.07) is 5.07. The lowest BCUT2D eigenvalue weighted by Gasteiger charge is -2.27. The average molecular weight is 261 g/mol. The maximum absolute atomic E-state index is 13.6. The number of aromatic nitrogens is 1. The second kappa shape index (κ2) is 5.01. The van der Waals surface area contributed by atoms with Crippen molar-refractivity contribution in [2.45, 2.75) is 6.42 Å². The highest BCUT2D eigenvalue weighted by molar-refractivity contribution is 5.84. The summed E-state index contributed by atoms with van der Waals surface area (Å²) in [5.41, 5.74) is 1.60. The number of para-hydroxylation sites is 1. The molecule has 0 saturated carbocycles. The Bertz CT molecular complexity index is 608. The number of piperazine rings is 1. The molecule has 1 aliphatic rings. The first-order valence-corrected chi connectivity index (χ1v) is 6.48. The standard InChI is InChI=1S/C14H16FN3O/c15-12-3-1-2-11-10(8-17-14(11)12)4-6-18-7-5-16-9-13(18)19/h1-3,8,16-17H,4-7,9H2. The molecule has 1 amide bonds. The topological polar surface area (TPSA) is 48.1 Å². The Hall–Kier alpha value is -1.88. The SMILES string of the molecule is O=C1CNCCN1CCc1c[nH]c2c(F)cccc12. The number of rotatable bonds is 3. The first-order chi connectivity index (χ1) is 9.25. The van der Waals surface area contributed by atoms with Crippen molar-refractivity contribution in [3.8, 4) is 0 Å². The molecule has 0 aliphatic carbocycles. The third kappa shape index (κ3) is 2.33. The fraction of sp³-hybridized carbons (Fsp3) is 0.357. The van der Waals surface area contributed by atoms with Crippen LogP contribution in [-0.2, 0) is 11.2 Å². The van der Waals surface area contributed by atoms with Gasteiger partial charge in [0.1, 0.15) is 5.82 Å². The molecule has 5 heteroatoms. The highest BCUT2D eigenvalue weighted by Crippen LogP contribution is 2.21. The second-order valence-electron chi connectivity index (χ2n) is 4.78. The fourth-order valence-corrected chi connectivity index (χ4v) is 2.52. The molecule has 0 unspecified atom stereocenters. The molecule has 4 nitrogen and oxygen atoms in total. The third-order valence-corrected chi connectivity index (χ3v) is 3.59. The number of amides is 1. The summed E-state index contributed by atoms with van der Waals surface area (Å²) in [5, 5.41) is 3.95. The van der Waals surface area contributed by atoms with Crippen LogP contribution in [0.5, 0.6) is 0 Å². The molecule has 1 aliphatic heterocycles. The minimum atomic E-state index is -0.234. The molecule has 0 radical (unpaired) electrons. The van der Waals surface area contributed by atoms with Crippen LogP contribution < -0.4 is 5.32 Å².